The summed E-state index contributed by atoms with van der Waals surface area (Å²) in [4.78, 5) is 28.4. The summed E-state index contributed by atoms with van der Waals surface area (Å²) in [6, 6.07) is 14.3. The lowest BCUT2D eigenvalue weighted by Gasteiger charge is -2.06. The normalized spacial score (nSPS) is 10.3. The van der Waals surface area contributed by atoms with Crippen LogP contribution in [0.2, 0.25) is 0 Å². The lowest BCUT2D eigenvalue weighted by molar-refractivity contribution is -0.115. The highest BCUT2D eigenvalue weighted by molar-refractivity contribution is 7.14. The minimum atomic E-state index is -0.455. The van der Waals surface area contributed by atoms with Crippen molar-refractivity contribution < 1.29 is 14.7 Å². The zero-order valence-corrected chi connectivity index (χ0v) is 14.8. The fourth-order valence-corrected chi connectivity index (χ4v) is 3.02. The van der Waals surface area contributed by atoms with Crippen LogP contribution >= 0.6 is 11.3 Å². The first kappa shape index (κ1) is 17.6. The molecule has 0 fully saturated rings. The van der Waals surface area contributed by atoms with E-state index in [1.807, 2.05) is 37.3 Å². The van der Waals surface area contributed by atoms with Crippen LogP contribution in [-0.2, 0) is 11.2 Å². The quantitative estimate of drug-likeness (QED) is 0.601. The van der Waals surface area contributed by atoms with E-state index in [1.165, 1.54) is 11.3 Å². The highest BCUT2D eigenvalue weighted by Gasteiger charge is 2.14. The van der Waals surface area contributed by atoms with Crippen molar-refractivity contribution >= 4 is 34.0 Å². The predicted octanol–water partition coefficient (Wildman–Crippen LogP) is 3.59. The Balaban J connectivity index is 1.61. The molecule has 0 saturated carbocycles. The first-order chi connectivity index (χ1) is 12.5. The van der Waals surface area contributed by atoms with E-state index in [0.29, 0.717) is 10.8 Å². The standard InChI is InChI=1S/C19H17N3O3S/c1-12-7-8-14(16(23)9-12)20-18(25)15-11-26-19(21-15)22-17(24)10-13-5-3-2-4-6-13/h2-9,11,23H,10H2,1H3,(H,20,25)(H,21,22,24). The zero-order valence-electron chi connectivity index (χ0n) is 14.0. The third-order valence-corrected chi connectivity index (χ3v) is 4.35. The Morgan fingerprint density at radius 1 is 1.12 bits per heavy atom. The molecule has 0 aliphatic carbocycles. The van der Waals surface area contributed by atoms with E-state index in [4.69, 9.17) is 0 Å². The van der Waals surface area contributed by atoms with Gasteiger partial charge in [0.15, 0.2) is 5.13 Å². The second kappa shape index (κ2) is 7.79. The van der Waals surface area contributed by atoms with Crippen LogP contribution < -0.4 is 10.6 Å². The van der Waals surface area contributed by atoms with Gasteiger partial charge in [-0.1, -0.05) is 36.4 Å². The minimum Gasteiger partial charge on any atom is -0.506 e. The number of phenolic OH excluding ortho intramolecular Hbond substituents is 1. The molecule has 2 aromatic carbocycles. The summed E-state index contributed by atoms with van der Waals surface area (Å²) in [5.41, 5.74) is 2.26. The van der Waals surface area contributed by atoms with E-state index in [1.54, 1.807) is 23.6 Å². The lowest BCUT2D eigenvalue weighted by Crippen LogP contribution is -2.15. The van der Waals surface area contributed by atoms with E-state index >= 15 is 0 Å². The van der Waals surface area contributed by atoms with Gasteiger partial charge in [0.25, 0.3) is 5.91 Å². The van der Waals surface area contributed by atoms with Crippen molar-refractivity contribution in [2.45, 2.75) is 13.3 Å². The van der Waals surface area contributed by atoms with E-state index in [9.17, 15) is 14.7 Å². The number of rotatable bonds is 5. The molecule has 26 heavy (non-hydrogen) atoms. The molecule has 7 heteroatoms. The molecule has 0 spiro atoms. The largest absolute Gasteiger partial charge is 0.506 e. The molecule has 0 bridgehead atoms. The molecular weight excluding hydrogens is 350 g/mol. The van der Waals surface area contributed by atoms with Crippen molar-refractivity contribution in [3.05, 3.63) is 70.7 Å². The molecule has 3 rings (SSSR count). The summed E-state index contributed by atoms with van der Waals surface area (Å²) in [6.07, 6.45) is 0.235. The van der Waals surface area contributed by atoms with Gasteiger partial charge in [-0.3, -0.25) is 9.59 Å². The molecule has 0 atom stereocenters. The first-order valence-electron chi connectivity index (χ1n) is 7.91. The summed E-state index contributed by atoms with van der Waals surface area (Å²) in [7, 11) is 0. The summed E-state index contributed by atoms with van der Waals surface area (Å²) in [6.45, 7) is 1.84. The lowest BCUT2D eigenvalue weighted by atomic mass is 10.1. The number of nitrogens with zero attached hydrogens (tertiary/aromatic N) is 1. The molecule has 0 aliphatic heterocycles. The van der Waals surface area contributed by atoms with Gasteiger partial charge in [0.1, 0.15) is 11.4 Å². The number of anilines is 2. The number of aryl methyl sites for hydroxylation is 1. The maximum Gasteiger partial charge on any atom is 0.275 e. The maximum atomic E-state index is 12.3. The highest BCUT2D eigenvalue weighted by Crippen LogP contribution is 2.25. The van der Waals surface area contributed by atoms with E-state index in [-0.39, 0.29) is 23.8 Å². The van der Waals surface area contributed by atoms with Gasteiger partial charge in [0, 0.05) is 5.38 Å². The average Bonchev–Trinajstić information content (AvgIpc) is 3.06. The second-order valence-electron chi connectivity index (χ2n) is 5.72. The average molecular weight is 367 g/mol. The first-order valence-corrected chi connectivity index (χ1v) is 8.79. The highest BCUT2D eigenvalue weighted by atomic mass is 32.1. The molecule has 0 saturated heterocycles. The number of phenols is 1. The van der Waals surface area contributed by atoms with Gasteiger partial charge in [0.05, 0.1) is 12.1 Å². The number of aromatic nitrogens is 1. The number of amides is 2. The Hall–Kier alpha value is -3.19. The molecular formula is C19H17N3O3S. The Bertz CT molecular complexity index is 938. The smallest absolute Gasteiger partial charge is 0.275 e. The van der Waals surface area contributed by atoms with Crippen LogP contribution in [0.5, 0.6) is 5.75 Å². The Morgan fingerprint density at radius 3 is 2.62 bits per heavy atom. The molecule has 2 amide bonds. The minimum absolute atomic E-state index is 0.00929. The number of benzene rings is 2. The van der Waals surface area contributed by atoms with E-state index in [0.717, 1.165) is 11.1 Å². The van der Waals surface area contributed by atoms with Gasteiger partial charge < -0.3 is 15.7 Å². The monoisotopic (exact) mass is 367 g/mol. The van der Waals surface area contributed by atoms with Gasteiger partial charge in [-0.2, -0.15) is 0 Å². The van der Waals surface area contributed by atoms with Crippen LogP contribution in [0.3, 0.4) is 0 Å². The van der Waals surface area contributed by atoms with Crippen LogP contribution in [0.15, 0.2) is 53.9 Å². The number of thiazole rings is 1. The van der Waals surface area contributed by atoms with Crippen molar-refractivity contribution in [3.63, 3.8) is 0 Å². The van der Waals surface area contributed by atoms with Gasteiger partial charge in [-0.25, -0.2) is 4.98 Å². The Morgan fingerprint density at radius 2 is 1.88 bits per heavy atom. The van der Waals surface area contributed by atoms with Crippen molar-refractivity contribution in [1.29, 1.82) is 0 Å². The predicted molar refractivity (Wildman–Crippen MR) is 102 cm³/mol. The molecule has 6 nitrogen and oxygen atoms in total. The van der Waals surface area contributed by atoms with Crippen molar-refractivity contribution in [3.8, 4) is 5.75 Å². The van der Waals surface area contributed by atoms with Gasteiger partial charge in [-0.15, -0.1) is 11.3 Å². The summed E-state index contributed by atoms with van der Waals surface area (Å²) < 4.78 is 0. The van der Waals surface area contributed by atoms with E-state index < -0.39 is 5.91 Å². The second-order valence-corrected chi connectivity index (χ2v) is 6.58. The van der Waals surface area contributed by atoms with Crippen LogP contribution in [0.4, 0.5) is 10.8 Å². The third kappa shape index (κ3) is 4.46. The van der Waals surface area contributed by atoms with Gasteiger partial charge >= 0.3 is 0 Å². The van der Waals surface area contributed by atoms with Crippen molar-refractivity contribution in [1.82, 2.24) is 4.98 Å². The van der Waals surface area contributed by atoms with Crippen LogP contribution in [0, 0.1) is 6.92 Å². The summed E-state index contributed by atoms with van der Waals surface area (Å²) in [5.74, 6) is -0.664. The SMILES string of the molecule is Cc1ccc(NC(=O)c2csc(NC(=O)Cc3ccccc3)n2)c(O)c1. The number of hydrogen-bond donors (Lipinski definition) is 3. The topological polar surface area (TPSA) is 91.3 Å². The van der Waals surface area contributed by atoms with Gasteiger partial charge in [0.2, 0.25) is 5.91 Å². The molecule has 0 radical (unpaired) electrons. The van der Waals surface area contributed by atoms with Crippen molar-refractivity contribution in [2.24, 2.45) is 0 Å². The third-order valence-electron chi connectivity index (χ3n) is 3.59. The fraction of sp³-hybridized carbons (Fsp3) is 0.105. The number of carbonyl (C=O) groups is 2. The molecule has 0 aliphatic rings. The maximum absolute atomic E-state index is 12.3. The summed E-state index contributed by atoms with van der Waals surface area (Å²) >= 11 is 1.17. The van der Waals surface area contributed by atoms with Crippen molar-refractivity contribution in [2.75, 3.05) is 10.6 Å². The van der Waals surface area contributed by atoms with Gasteiger partial charge in [-0.05, 0) is 30.2 Å². The van der Waals surface area contributed by atoms with Crippen LogP contribution in [-0.4, -0.2) is 21.9 Å². The number of carbonyl (C=O) groups excluding carboxylic acids is 2. The fourth-order valence-electron chi connectivity index (χ4n) is 2.31. The zero-order chi connectivity index (χ0) is 18.5. The Kier molecular flexibility index (Phi) is 5.28. The molecule has 1 aromatic heterocycles. The number of hydrogen-bond acceptors (Lipinski definition) is 5. The van der Waals surface area contributed by atoms with Crippen LogP contribution in [0.25, 0.3) is 0 Å². The number of nitrogens with one attached hydrogen (secondary N) is 2. The molecule has 0 unspecified atom stereocenters. The molecule has 132 valence electrons. The molecule has 1 heterocycles. The molecule has 3 N–H and O–H groups in total. The Labute approximate surface area is 154 Å². The van der Waals surface area contributed by atoms with E-state index in [2.05, 4.69) is 15.6 Å². The molecule has 3 aromatic rings. The number of aromatic hydroxyl groups is 1. The summed E-state index contributed by atoms with van der Waals surface area (Å²) in [5, 5.41) is 17.1. The van der Waals surface area contributed by atoms with Crippen LogP contribution in [0.1, 0.15) is 21.6 Å².